The summed E-state index contributed by atoms with van der Waals surface area (Å²) in [5, 5.41) is 32.9. The summed E-state index contributed by atoms with van der Waals surface area (Å²) >= 11 is 0. The van der Waals surface area contributed by atoms with E-state index in [1.807, 2.05) is 6.92 Å². The highest BCUT2D eigenvalue weighted by Crippen LogP contribution is 2.19. The lowest BCUT2D eigenvalue weighted by molar-refractivity contribution is -0.153. The molecule has 4 N–H and O–H groups in total. The van der Waals surface area contributed by atoms with E-state index in [0.29, 0.717) is 6.42 Å². The topological polar surface area (TPSA) is 115 Å². The van der Waals surface area contributed by atoms with E-state index in [1.54, 1.807) is 0 Å². The molecule has 0 aromatic heterocycles. The van der Waals surface area contributed by atoms with Gasteiger partial charge in [0.05, 0.1) is 11.8 Å². The van der Waals surface area contributed by atoms with Crippen LogP contribution in [0, 0.1) is 5.41 Å². The number of rotatable bonds is 5. The lowest BCUT2D eigenvalue weighted by Crippen LogP contribution is -2.26. The number of aliphatic carboxylic acids is 2. The summed E-state index contributed by atoms with van der Waals surface area (Å²) in [6.45, 7) is 4.66. The Morgan fingerprint density at radius 2 is 1.62 bits per heavy atom. The average Bonchev–Trinajstić information content (AvgIpc) is 2.01. The van der Waals surface area contributed by atoms with Gasteiger partial charge in [-0.1, -0.05) is 13.3 Å². The van der Waals surface area contributed by atoms with Gasteiger partial charge in [-0.3, -0.25) is 9.59 Å². The minimum absolute atomic E-state index is 0.345. The Morgan fingerprint density at radius 1 is 1.19 bits per heavy atom. The number of hydrogen-bond acceptors (Lipinski definition) is 4. The fourth-order valence-corrected chi connectivity index (χ4v) is 0.712. The molecule has 0 aliphatic heterocycles. The van der Waals surface area contributed by atoms with E-state index in [1.165, 1.54) is 13.8 Å². The van der Waals surface area contributed by atoms with Crippen molar-refractivity contribution in [3.63, 3.8) is 0 Å². The number of carboxylic acid groups (broad SMARTS) is 2. The second-order valence-corrected chi connectivity index (χ2v) is 4.03. The zero-order valence-corrected chi connectivity index (χ0v) is 9.80. The highest BCUT2D eigenvalue weighted by molar-refractivity contribution is 5.80. The number of hydrogen-bond donors (Lipinski definition) is 4. The third kappa shape index (κ3) is 10.9. The molecule has 6 heteroatoms. The van der Waals surface area contributed by atoms with Gasteiger partial charge in [0.1, 0.15) is 0 Å². The van der Waals surface area contributed by atoms with E-state index in [4.69, 9.17) is 20.4 Å². The van der Waals surface area contributed by atoms with Crippen LogP contribution < -0.4 is 0 Å². The average molecular weight is 236 g/mol. The van der Waals surface area contributed by atoms with E-state index in [2.05, 4.69) is 0 Å². The Labute approximate surface area is 94.5 Å². The standard InChI is InChI=1S/C6H10O4.C4H10O2/c1-6(2,5(9)10)3-4(7)8;1-2-3-4(5)6/h3H2,1-2H3,(H,7,8)(H,9,10);4-6H,2-3H2,1H3. The predicted octanol–water partition coefficient (Wildman–Crippen LogP) is 0.669. The molecule has 0 radical (unpaired) electrons. The monoisotopic (exact) mass is 236 g/mol. The third-order valence-corrected chi connectivity index (χ3v) is 1.72. The van der Waals surface area contributed by atoms with Crippen LogP contribution in [0.5, 0.6) is 0 Å². The molecule has 0 rings (SSSR count). The van der Waals surface area contributed by atoms with E-state index in [0.717, 1.165) is 6.42 Å². The van der Waals surface area contributed by atoms with Crippen LogP contribution in [0.15, 0.2) is 0 Å². The first-order valence-corrected chi connectivity index (χ1v) is 4.94. The maximum absolute atomic E-state index is 10.3. The first-order chi connectivity index (χ1) is 7.13. The summed E-state index contributed by atoms with van der Waals surface area (Å²) in [7, 11) is 0. The third-order valence-electron chi connectivity index (χ3n) is 1.72. The van der Waals surface area contributed by atoms with Gasteiger partial charge in [-0.2, -0.15) is 0 Å². The number of aliphatic hydroxyl groups is 2. The summed E-state index contributed by atoms with van der Waals surface area (Å²) < 4.78 is 0. The van der Waals surface area contributed by atoms with Crippen molar-refractivity contribution in [1.29, 1.82) is 0 Å². The van der Waals surface area contributed by atoms with Crippen LogP contribution >= 0.6 is 0 Å². The fourth-order valence-electron chi connectivity index (χ4n) is 0.712. The van der Waals surface area contributed by atoms with Crippen LogP contribution in [0.4, 0.5) is 0 Å². The molecule has 0 aliphatic rings. The van der Waals surface area contributed by atoms with Gasteiger partial charge in [-0.05, 0) is 20.3 Å². The van der Waals surface area contributed by atoms with Crippen LogP contribution in [-0.4, -0.2) is 38.7 Å². The van der Waals surface area contributed by atoms with Gasteiger partial charge in [0.2, 0.25) is 0 Å². The lowest BCUT2D eigenvalue weighted by atomic mass is 9.90. The molecule has 16 heavy (non-hydrogen) atoms. The lowest BCUT2D eigenvalue weighted by Gasteiger charge is -2.14. The van der Waals surface area contributed by atoms with Crippen molar-refractivity contribution in [3.05, 3.63) is 0 Å². The Bertz CT molecular complexity index is 221. The number of carboxylic acids is 2. The maximum Gasteiger partial charge on any atom is 0.309 e. The molecule has 0 amide bonds. The Hall–Kier alpha value is -1.14. The van der Waals surface area contributed by atoms with Gasteiger partial charge >= 0.3 is 11.9 Å². The van der Waals surface area contributed by atoms with E-state index < -0.39 is 23.6 Å². The first kappa shape index (κ1) is 17.3. The minimum Gasteiger partial charge on any atom is -0.481 e. The first-order valence-electron chi connectivity index (χ1n) is 4.94. The van der Waals surface area contributed by atoms with Crippen LogP contribution in [0.3, 0.4) is 0 Å². The normalized spacial score (nSPS) is 10.6. The Morgan fingerprint density at radius 3 is 1.69 bits per heavy atom. The van der Waals surface area contributed by atoms with Gasteiger partial charge in [0.15, 0.2) is 6.29 Å². The molecule has 0 heterocycles. The van der Waals surface area contributed by atoms with Crippen LogP contribution in [0.25, 0.3) is 0 Å². The number of aliphatic hydroxyl groups excluding tert-OH is 1. The second-order valence-electron chi connectivity index (χ2n) is 4.03. The highest BCUT2D eigenvalue weighted by atomic mass is 16.5. The molecule has 0 spiro atoms. The Kier molecular flexibility index (Phi) is 8.70. The molecule has 0 bridgehead atoms. The van der Waals surface area contributed by atoms with Gasteiger partial charge in [-0.15, -0.1) is 0 Å². The van der Waals surface area contributed by atoms with Crippen LogP contribution in [-0.2, 0) is 9.59 Å². The van der Waals surface area contributed by atoms with Crippen molar-refractivity contribution in [2.45, 2.75) is 46.3 Å². The molecule has 0 unspecified atom stereocenters. The van der Waals surface area contributed by atoms with Crippen molar-refractivity contribution in [2.24, 2.45) is 5.41 Å². The van der Waals surface area contributed by atoms with Crippen LogP contribution in [0.2, 0.25) is 0 Å². The molecule has 0 aliphatic carbocycles. The largest absolute Gasteiger partial charge is 0.481 e. The molecule has 0 aromatic rings. The van der Waals surface area contributed by atoms with E-state index >= 15 is 0 Å². The zero-order valence-electron chi connectivity index (χ0n) is 9.80. The predicted molar refractivity (Wildman–Crippen MR) is 56.8 cm³/mol. The molecule has 0 aromatic carbocycles. The van der Waals surface area contributed by atoms with E-state index in [-0.39, 0.29) is 6.42 Å². The molecule has 0 saturated carbocycles. The molecule has 0 saturated heterocycles. The van der Waals surface area contributed by atoms with Gasteiger partial charge < -0.3 is 20.4 Å². The Balaban J connectivity index is 0. The van der Waals surface area contributed by atoms with E-state index in [9.17, 15) is 9.59 Å². The molecule has 96 valence electrons. The minimum atomic E-state index is -1.16. The number of carbonyl (C=O) groups is 2. The summed E-state index contributed by atoms with van der Waals surface area (Å²) in [6, 6.07) is 0. The van der Waals surface area contributed by atoms with Crippen molar-refractivity contribution < 1.29 is 30.0 Å². The molecule has 6 nitrogen and oxygen atoms in total. The van der Waals surface area contributed by atoms with Crippen molar-refractivity contribution in [1.82, 2.24) is 0 Å². The summed E-state index contributed by atoms with van der Waals surface area (Å²) in [5.41, 5.74) is -1.16. The molecule has 0 fully saturated rings. The molecular formula is C10H20O6. The van der Waals surface area contributed by atoms with Crippen molar-refractivity contribution in [2.75, 3.05) is 0 Å². The molecular weight excluding hydrogens is 216 g/mol. The van der Waals surface area contributed by atoms with Gasteiger partial charge in [-0.25, -0.2) is 0 Å². The van der Waals surface area contributed by atoms with Gasteiger partial charge in [0, 0.05) is 0 Å². The van der Waals surface area contributed by atoms with Crippen molar-refractivity contribution in [3.8, 4) is 0 Å². The highest BCUT2D eigenvalue weighted by Gasteiger charge is 2.29. The summed E-state index contributed by atoms with van der Waals surface area (Å²) in [6.07, 6.45) is -0.130. The maximum atomic E-state index is 10.3. The second kappa shape index (κ2) is 8.06. The quantitative estimate of drug-likeness (QED) is 0.521. The smallest absolute Gasteiger partial charge is 0.309 e. The SMILES string of the molecule is CC(C)(CC(=O)O)C(=O)O.CCCC(O)O. The van der Waals surface area contributed by atoms with Crippen LogP contribution in [0.1, 0.15) is 40.0 Å². The van der Waals surface area contributed by atoms with Crippen molar-refractivity contribution >= 4 is 11.9 Å². The molecule has 0 atom stereocenters. The summed E-state index contributed by atoms with van der Waals surface area (Å²) in [5.74, 6) is -2.18. The zero-order chi connectivity index (χ0) is 13.4. The summed E-state index contributed by atoms with van der Waals surface area (Å²) in [4.78, 5) is 20.3. The van der Waals surface area contributed by atoms with Gasteiger partial charge in [0.25, 0.3) is 0 Å². The fraction of sp³-hybridized carbons (Fsp3) is 0.800.